The monoisotopic (exact) mass is 652 g/mol. The van der Waals surface area contributed by atoms with Crippen molar-refractivity contribution in [2.24, 2.45) is 0 Å². The number of pyridine rings is 1. The van der Waals surface area contributed by atoms with Gasteiger partial charge < -0.3 is 0 Å². The third-order valence-corrected chi connectivity index (χ3v) is 18.9. The molecule has 3 aromatic heterocycles. The Bertz CT molecular complexity index is 2480. The number of hydrogen-bond acceptors (Lipinski definition) is 3. The SMILES string of the molecule is C1=[CH][Ge]2([c]3ccccc3-c3cccc[c]32)[c]2cnn(-c3cccc(Oc4ccc5c6ccccc6n(-c6ccccn6)c5c4)c3)c21. The van der Waals surface area contributed by atoms with E-state index in [4.69, 9.17) is 9.84 Å². The van der Waals surface area contributed by atoms with Crippen LogP contribution in [-0.4, -0.2) is 32.6 Å². The zero-order chi connectivity index (χ0) is 30.2. The molecule has 8 aromatic rings. The van der Waals surface area contributed by atoms with Crippen LogP contribution >= 0.6 is 0 Å². The van der Waals surface area contributed by atoms with Gasteiger partial charge in [0.15, 0.2) is 0 Å². The number of ether oxygens (including phenoxy) is 1. The molecule has 0 saturated carbocycles. The average Bonchev–Trinajstić information content (AvgIpc) is 3.86. The Morgan fingerprint density at radius 1 is 0.587 bits per heavy atom. The van der Waals surface area contributed by atoms with Crippen molar-refractivity contribution in [1.29, 1.82) is 0 Å². The number of para-hydroxylation sites is 1. The fourth-order valence-corrected chi connectivity index (χ4v) is 17.4. The molecule has 0 atom stereocenters. The van der Waals surface area contributed by atoms with E-state index in [2.05, 4.69) is 128 Å². The number of nitrogens with zero attached hydrogens (tertiary/aromatic N) is 4. The fraction of sp³-hybridized carbons (Fsp3) is 0. The van der Waals surface area contributed by atoms with Gasteiger partial charge in [-0.15, -0.1) is 0 Å². The quantitative estimate of drug-likeness (QED) is 0.190. The Morgan fingerprint density at radius 3 is 2.15 bits per heavy atom. The molecule has 0 saturated heterocycles. The van der Waals surface area contributed by atoms with Crippen molar-refractivity contribution in [2.45, 2.75) is 0 Å². The maximum atomic E-state index is 6.54. The standard InChI is InChI=1S/C40H26GeN4O/c1-4-15-34-30(12-1)31-13-2-5-16-35(31)41(34)22-21-38-36(41)26-43-45(38)27-10-9-11-28(24-27)46-29-19-20-33-32-14-3-6-17-37(32)44(39(33)25-29)40-18-7-8-23-42-40/h1-26H. The number of rotatable bonds is 4. The molecular weight excluding hydrogens is 625 g/mol. The van der Waals surface area contributed by atoms with Crippen LogP contribution in [0, 0.1) is 0 Å². The van der Waals surface area contributed by atoms with Gasteiger partial charge in [0, 0.05) is 6.20 Å². The van der Waals surface area contributed by atoms with Crippen LogP contribution in [0.25, 0.3) is 50.5 Å². The first-order valence-corrected chi connectivity index (χ1v) is 19.9. The summed E-state index contributed by atoms with van der Waals surface area (Å²) in [6, 6.07) is 46.9. The molecule has 0 N–H and O–H groups in total. The Balaban J connectivity index is 1.04. The molecule has 0 bridgehead atoms. The van der Waals surface area contributed by atoms with Crippen LogP contribution in [0.2, 0.25) is 0 Å². The fourth-order valence-electron chi connectivity index (χ4n) is 7.62. The van der Waals surface area contributed by atoms with E-state index >= 15 is 0 Å². The molecule has 0 fully saturated rings. The molecule has 1 spiro atoms. The Hall–Kier alpha value is -5.66. The van der Waals surface area contributed by atoms with Crippen molar-refractivity contribution >= 4 is 54.3 Å². The first kappa shape index (κ1) is 25.6. The first-order valence-electron chi connectivity index (χ1n) is 15.5. The van der Waals surface area contributed by atoms with Crippen LogP contribution in [0.3, 0.4) is 0 Å². The zero-order valence-corrected chi connectivity index (χ0v) is 26.8. The summed E-state index contributed by atoms with van der Waals surface area (Å²) in [5, 5.41) is 7.33. The number of fused-ring (bicyclic) bond motifs is 10. The minimum absolute atomic E-state index is 0.761. The van der Waals surface area contributed by atoms with Crippen molar-refractivity contribution in [2.75, 3.05) is 0 Å². The molecule has 216 valence electrons. The van der Waals surface area contributed by atoms with Gasteiger partial charge in [0.2, 0.25) is 0 Å². The topological polar surface area (TPSA) is 44.9 Å². The number of benzene rings is 5. The summed E-state index contributed by atoms with van der Waals surface area (Å²) < 4.78 is 15.2. The second-order valence-corrected chi connectivity index (χ2v) is 19.4. The van der Waals surface area contributed by atoms with E-state index in [1.54, 1.807) is 0 Å². The van der Waals surface area contributed by atoms with Crippen molar-refractivity contribution < 1.29 is 4.74 Å². The first-order chi connectivity index (χ1) is 22.8. The van der Waals surface area contributed by atoms with Gasteiger partial charge in [0.1, 0.15) is 0 Å². The molecule has 0 aliphatic carbocycles. The maximum absolute atomic E-state index is 6.54. The van der Waals surface area contributed by atoms with Gasteiger partial charge in [-0.05, 0) is 18.2 Å². The predicted molar refractivity (Wildman–Crippen MR) is 188 cm³/mol. The van der Waals surface area contributed by atoms with Crippen molar-refractivity contribution in [1.82, 2.24) is 19.3 Å². The van der Waals surface area contributed by atoms with Gasteiger partial charge in [-0.3, -0.25) is 0 Å². The van der Waals surface area contributed by atoms with Crippen LogP contribution in [0.1, 0.15) is 5.69 Å². The van der Waals surface area contributed by atoms with Crippen molar-refractivity contribution in [3.05, 3.63) is 156 Å². The van der Waals surface area contributed by atoms with E-state index in [9.17, 15) is 0 Å². The summed E-state index contributed by atoms with van der Waals surface area (Å²) in [4.78, 5) is 7.20. The second-order valence-electron chi connectivity index (χ2n) is 11.9. The van der Waals surface area contributed by atoms with Gasteiger partial charge in [-0.2, -0.15) is 0 Å². The van der Waals surface area contributed by atoms with Gasteiger partial charge in [0.05, 0.1) is 0 Å². The van der Waals surface area contributed by atoms with Crippen molar-refractivity contribution in [3.8, 4) is 34.1 Å². The number of hydrogen-bond donors (Lipinski definition) is 0. The molecule has 2 aliphatic heterocycles. The minimum atomic E-state index is -2.98. The molecule has 0 unspecified atom stereocenters. The number of aromatic nitrogens is 4. The molecule has 46 heavy (non-hydrogen) atoms. The predicted octanol–water partition coefficient (Wildman–Crippen LogP) is 7.17. The summed E-state index contributed by atoms with van der Waals surface area (Å²) in [6.07, 6.45) is 6.25. The Labute approximate surface area is 268 Å². The van der Waals surface area contributed by atoms with Gasteiger partial charge in [-0.1, -0.05) is 24.3 Å². The molecule has 2 aliphatic rings. The van der Waals surface area contributed by atoms with E-state index in [-0.39, 0.29) is 0 Å². The van der Waals surface area contributed by atoms with Crippen LogP contribution in [0.5, 0.6) is 11.5 Å². The third kappa shape index (κ3) is 3.51. The van der Waals surface area contributed by atoms with E-state index in [1.807, 2.05) is 42.6 Å². The normalized spacial score (nSPS) is 13.7. The summed E-state index contributed by atoms with van der Waals surface area (Å²) >= 11 is -2.98. The molecule has 10 rings (SSSR count). The summed E-state index contributed by atoms with van der Waals surface area (Å²) in [7, 11) is 0. The molecule has 6 heteroatoms. The van der Waals surface area contributed by atoms with E-state index in [0.717, 1.165) is 39.4 Å². The second kappa shape index (κ2) is 9.67. The van der Waals surface area contributed by atoms with Crippen LogP contribution in [0.4, 0.5) is 0 Å². The van der Waals surface area contributed by atoms with Crippen LogP contribution in [0.15, 0.2) is 151 Å². The van der Waals surface area contributed by atoms with Gasteiger partial charge in [0.25, 0.3) is 0 Å². The summed E-state index contributed by atoms with van der Waals surface area (Å²) in [5.74, 6) is 2.41. The van der Waals surface area contributed by atoms with Gasteiger partial charge >= 0.3 is 215 Å². The van der Waals surface area contributed by atoms with E-state index < -0.39 is 13.3 Å². The Morgan fingerprint density at radius 2 is 1.33 bits per heavy atom. The molecule has 0 amide bonds. The summed E-state index contributed by atoms with van der Waals surface area (Å²) in [6.45, 7) is 0. The summed E-state index contributed by atoms with van der Waals surface area (Å²) in [5.41, 5.74) is 7.07. The molecule has 5 aromatic carbocycles. The van der Waals surface area contributed by atoms with Crippen LogP contribution in [-0.2, 0) is 0 Å². The Kier molecular flexibility index (Phi) is 5.39. The molecule has 0 radical (unpaired) electrons. The molecular formula is C40H26GeN4O. The molecule has 5 nitrogen and oxygen atoms in total. The molecule has 5 heterocycles. The van der Waals surface area contributed by atoms with Gasteiger partial charge in [-0.25, -0.2) is 4.98 Å². The van der Waals surface area contributed by atoms with Crippen molar-refractivity contribution in [3.63, 3.8) is 0 Å². The van der Waals surface area contributed by atoms with E-state index in [0.29, 0.717) is 0 Å². The zero-order valence-electron chi connectivity index (χ0n) is 24.7. The van der Waals surface area contributed by atoms with Crippen LogP contribution < -0.4 is 17.9 Å². The average molecular weight is 651 g/mol. The van der Waals surface area contributed by atoms with E-state index in [1.165, 1.54) is 35.4 Å². The third-order valence-electron chi connectivity index (χ3n) is 9.54.